The lowest BCUT2D eigenvalue weighted by molar-refractivity contribution is -0.140. The maximum Gasteiger partial charge on any atom is 0.264 e. The molecule has 0 heterocycles. The van der Waals surface area contributed by atoms with E-state index in [9.17, 15) is 18.0 Å². The Kier molecular flexibility index (Phi) is 10.2. The number of rotatable bonds is 9. The first-order valence-electron chi connectivity index (χ1n) is 13.2. The summed E-state index contributed by atoms with van der Waals surface area (Å²) in [5.41, 5.74) is 2.81. The number of halogens is 2. The van der Waals surface area contributed by atoms with Gasteiger partial charge in [-0.3, -0.25) is 13.9 Å². The molecule has 3 rings (SSSR count). The number of nitrogens with zero attached hydrogens (tertiary/aromatic N) is 2. The fraction of sp³-hybridized carbons (Fsp3) is 0.355. The fourth-order valence-electron chi connectivity index (χ4n) is 4.35. The van der Waals surface area contributed by atoms with E-state index in [4.69, 9.17) is 23.2 Å². The van der Waals surface area contributed by atoms with E-state index in [2.05, 4.69) is 5.32 Å². The quantitative estimate of drug-likeness (QED) is 0.299. The second kappa shape index (κ2) is 12.8. The predicted molar refractivity (Wildman–Crippen MR) is 166 cm³/mol. The van der Waals surface area contributed by atoms with E-state index in [0.717, 1.165) is 15.4 Å². The van der Waals surface area contributed by atoms with Gasteiger partial charge >= 0.3 is 0 Å². The minimum absolute atomic E-state index is 0.0510. The summed E-state index contributed by atoms with van der Waals surface area (Å²) in [7, 11) is -4.17. The van der Waals surface area contributed by atoms with Gasteiger partial charge in [-0.25, -0.2) is 8.42 Å². The van der Waals surface area contributed by atoms with Gasteiger partial charge in [-0.2, -0.15) is 0 Å². The van der Waals surface area contributed by atoms with Crippen LogP contribution in [0.3, 0.4) is 0 Å². The first-order valence-corrected chi connectivity index (χ1v) is 15.4. The van der Waals surface area contributed by atoms with E-state index in [1.807, 2.05) is 40.7 Å². The molecule has 3 aromatic rings. The number of anilines is 1. The molecule has 0 spiro atoms. The molecule has 3 aromatic carbocycles. The molecule has 0 saturated carbocycles. The van der Waals surface area contributed by atoms with Crippen molar-refractivity contribution >= 4 is 50.7 Å². The number of amides is 2. The first-order chi connectivity index (χ1) is 19.0. The Bertz CT molecular complexity index is 1510. The number of nitrogens with one attached hydrogen (secondary N) is 1. The summed E-state index contributed by atoms with van der Waals surface area (Å²) >= 11 is 12.9. The van der Waals surface area contributed by atoms with E-state index in [-0.39, 0.29) is 11.4 Å². The van der Waals surface area contributed by atoms with Gasteiger partial charge in [0, 0.05) is 27.7 Å². The van der Waals surface area contributed by atoms with Crippen LogP contribution in [0.15, 0.2) is 65.6 Å². The lowest BCUT2D eigenvalue weighted by Crippen LogP contribution is -2.54. The molecule has 0 aliphatic heterocycles. The van der Waals surface area contributed by atoms with Crippen molar-refractivity contribution in [1.29, 1.82) is 0 Å². The van der Waals surface area contributed by atoms with Crippen LogP contribution in [0.25, 0.3) is 0 Å². The van der Waals surface area contributed by atoms with Crippen LogP contribution in [0.1, 0.15) is 49.9 Å². The molecule has 7 nitrogen and oxygen atoms in total. The zero-order valence-electron chi connectivity index (χ0n) is 24.5. The molecule has 220 valence electrons. The molecule has 0 unspecified atom stereocenters. The summed E-state index contributed by atoms with van der Waals surface area (Å²) < 4.78 is 29.2. The molecule has 0 aliphatic rings. The van der Waals surface area contributed by atoms with Crippen LogP contribution in [0.2, 0.25) is 10.0 Å². The Morgan fingerprint density at radius 2 is 1.46 bits per heavy atom. The smallest absolute Gasteiger partial charge is 0.264 e. The van der Waals surface area contributed by atoms with Crippen molar-refractivity contribution < 1.29 is 18.0 Å². The first kappa shape index (κ1) is 32.4. The Labute approximate surface area is 253 Å². The monoisotopic (exact) mass is 617 g/mol. The number of carbonyl (C=O) groups excluding carboxylic acids is 2. The molecule has 10 heteroatoms. The van der Waals surface area contributed by atoms with Gasteiger partial charge in [0.2, 0.25) is 11.8 Å². The number of carbonyl (C=O) groups is 2. The normalized spacial score (nSPS) is 12.5. The predicted octanol–water partition coefficient (Wildman–Crippen LogP) is 6.45. The highest BCUT2D eigenvalue weighted by Crippen LogP contribution is 2.30. The summed E-state index contributed by atoms with van der Waals surface area (Å²) in [6.45, 7) is 12.0. The van der Waals surface area contributed by atoms with Gasteiger partial charge < -0.3 is 10.2 Å². The maximum atomic E-state index is 14.1. The van der Waals surface area contributed by atoms with Gasteiger partial charge in [-0.1, -0.05) is 64.7 Å². The lowest BCUT2D eigenvalue weighted by atomic mass is 10.1. The van der Waals surface area contributed by atoms with Gasteiger partial charge in [0.1, 0.15) is 12.6 Å². The minimum atomic E-state index is -4.17. The Hall–Kier alpha value is -3.07. The third-order valence-corrected chi connectivity index (χ3v) is 9.05. The SMILES string of the molecule is Cc1ccc(S(=O)(=O)N(CC(=O)N(Cc2c(Cl)cccc2Cl)[C@H](C)C(=O)NC(C)(C)C)c2ccc(C)cc2C)cc1. The molecular formula is C31H37Cl2N3O4S. The van der Waals surface area contributed by atoms with Crippen molar-refractivity contribution in [2.45, 2.75) is 71.5 Å². The molecule has 0 aliphatic carbocycles. The topological polar surface area (TPSA) is 86.8 Å². The molecule has 0 fully saturated rings. The zero-order chi connectivity index (χ0) is 30.7. The number of benzene rings is 3. The number of hydrogen-bond donors (Lipinski definition) is 1. The zero-order valence-corrected chi connectivity index (χ0v) is 26.8. The second-order valence-corrected chi connectivity index (χ2v) is 13.9. The molecule has 0 radical (unpaired) electrons. The van der Waals surface area contributed by atoms with Crippen LogP contribution >= 0.6 is 23.2 Å². The molecule has 2 amide bonds. The highest BCUT2D eigenvalue weighted by atomic mass is 35.5. The summed E-state index contributed by atoms with van der Waals surface area (Å²) in [6, 6.07) is 15.8. The van der Waals surface area contributed by atoms with Gasteiger partial charge in [0.25, 0.3) is 10.0 Å². The largest absolute Gasteiger partial charge is 0.350 e. The van der Waals surface area contributed by atoms with Gasteiger partial charge in [-0.05, 0) is 84.4 Å². The van der Waals surface area contributed by atoms with Crippen molar-refractivity contribution in [3.05, 3.63) is 93.0 Å². The Morgan fingerprint density at radius 1 is 0.902 bits per heavy atom. The second-order valence-electron chi connectivity index (χ2n) is 11.3. The molecular weight excluding hydrogens is 581 g/mol. The Balaban J connectivity index is 2.11. The average Bonchev–Trinajstić information content (AvgIpc) is 2.86. The summed E-state index contributed by atoms with van der Waals surface area (Å²) in [4.78, 5) is 28.8. The number of sulfonamides is 1. The number of aryl methyl sites for hydroxylation is 3. The average molecular weight is 619 g/mol. The van der Waals surface area contributed by atoms with Crippen molar-refractivity contribution in [3.8, 4) is 0 Å². The third kappa shape index (κ3) is 8.03. The summed E-state index contributed by atoms with van der Waals surface area (Å²) in [5, 5.41) is 3.56. The van der Waals surface area contributed by atoms with Crippen LogP contribution in [-0.4, -0.2) is 43.3 Å². The number of hydrogen-bond acceptors (Lipinski definition) is 4. The third-order valence-electron chi connectivity index (χ3n) is 6.56. The van der Waals surface area contributed by atoms with Crippen LogP contribution in [0, 0.1) is 20.8 Å². The lowest BCUT2D eigenvalue weighted by Gasteiger charge is -2.34. The standard InChI is InChI=1S/C31H37Cl2N3O4S/c1-20-11-14-24(15-12-20)41(39,40)36(28-16-13-21(2)17-22(28)3)19-29(37)35(23(4)30(38)34-31(5,6)7)18-25-26(32)9-8-10-27(25)33/h8-17,23H,18-19H2,1-7H3,(H,34,38)/t23-/m1/s1. The van der Waals surface area contributed by atoms with Crippen LogP contribution < -0.4 is 9.62 Å². The fourth-order valence-corrected chi connectivity index (χ4v) is 6.34. The van der Waals surface area contributed by atoms with Gasteiger partial charge in [0.05, 0.1) is 10.6 Å². The van der Waals surface area contributed by atoms with Crippen molar-refractivity contribution in [1.82, 2.24) is 10.2 Å². The highest BCUT2D eigenvalue weighted by Gasteiger charge is 2.34. The minimum Gasteiger partial charge on any atom is -0.350 e. The van der Waals surface area contributed by atoms with E-state index < -0.39 is 40.0 Å². The molecule has 0 aromatic heterocycles. The summed E-state index contributed by atoms with van der Waals surface area (Å²) in [6.07, 6.45) is 0. The van der Waals surface area contributed by atoms with E-state index in [1.54, 1.807) is 56.3 Å². The van der Waals surface area contributed by atoms with Crippen molar-refractivity contribution in [3.63, 3.8) is 0 Å². The molecule has 0 saturated heterocycles. The van der Waals surface area contributed by atoms with E-state index in [1.165, 1.54) is 17.0 Å². The van der Waals surface area contributed by atoms with E-state index in [0.29, 0.717) is 26.9 Å². The molecule has 0 bridgehead atoms. The molecule has 41 heavy (non-hydrogen) atoms. The van der Waals surface area contributed by atoms with Crippen molar-refractivity contribution in [2.75, 3.05) is 10.8 Å². The Morgan fingerprint density at radius 3 is 2.00 bits per heavy atom. The van der Waals surface area contributed by atoms with Crippen LogP contribution in [0.4, 0.5) is 5.69 Å². The molecule has 1 atom stereocenters. The van der Waals surface area contributed by atoms with Crippen LogP contribution in [0.5, 0.6) is 0 Å². The van der Waals surface area contributed by atoms with Gasteiger partial charge in [0.15, 0.2) is 0 Å². The highest BCUT2D eigenvalue weighted by molar-refractivity contribution is 7.92. The van der Waals surface area contributed by atoms with Crippen molar-refractivity contribution in [2.24, 2.45) is 0 Å². The maximum absolute atomic E-state index is 14.1. The van der Waals surface area contributed by atoms with Gasteiger partial charge in [-0.15, -0.1) is 0 Å². The van der Waals surface area contributed by atoms with Crippen LogP contribution in [-0.2, 0) is 26.2 Å². The summed E-state index contributed by atoms with van der Waals surface area (Å²) in [5.74, 6) is -0.985. The van der Waals surface area contributed by atoms with E-state index >= 15 is 0 Å². The molecule has 1 N–H and O–H groups in total.